The fourth-order valence-corrected chi connectivity index (χ4v) is 5.08. The van der Waals surface area contributed by atoms with E-state index >= 15 is 0 Å². The van der Waals surface area contributed by atoms with E-state index in [0.717, 1.165) is 22.0 Å². The Labute approximate surface area is 151 Å². The van der Waals surface area contributed by atoms with Crippen LogP contribution in [0.1, 0.15) is 29.2 Å². The standard InChI is InChI=1S/C20H22N4S/c21-20(19-2-1-9-25-19)23-14-3-4-15-16(11-22-18(15)10-14)17-12-24-7-5-13(17)6-8-24/h1-4,9-11,13,17,22H,5-8,12H2,(H2,21,23)/t17-/m1/s1. The lowest BCUT2D eigenvalue weighted by Crippen LogP contribution is -2.46. The summed E-state index contributed by atoms with van der Waals surface area (Å²) in [5, 5.41) is 3.36. The van der Waals surface area contributed by atoms with Gasteiger partial charge in [0.15, 0.2) is 0 Å². The van der Waals surface area contributed by atoms with Crippen LogP contribution < -0.4 is 5.73 Å². The van der Waals surface area contributed by atoms with Gasteiger partial charge < -0.3 is 15.6 Å². The van der Waals surface area contributed by atoms with Crippen LogP contribution in [0.2, 0.25) is 0 Å². The molecular weight excluding hydrogens is 328 g/mol. The van der Waals surface area contributed by atoms with Gasteiger partial charge in [-0.2, -0.15) is 0 Å². The van der Waals surface area contributed by atoms with E-state index in [9.17, 15) is 0 Å². The van der Waals surface area contributed by atoms with Crippen molar-refractivity contribution in [3.05, 3.63) is 52.3 Å². The molecule has 3 aliphatic rings. The molecule has 3 N–H and O–H groups in total. The van der Waals surface area contributed by atoms with E-state index in [1.165, 1.54) is 43.4 Å². The van der Waals surface area contributed by atoms with Gasteiger partial charge in [-0.25, -0.2) is 4.99 Å². The number of H-pyrrole nitrogens is 1. The van der Waals surface area contributed by atoms with Gasteiger partial charge in [-0.1, -0.05) is 12.1 Å². The molecule has 5 heteroatoms. The predicted molar refractivity (Wildman–Crippen MR) is 105 cm³/mol. The van der Waals surface area contributed by atoms with E-state index in [-0.39, 0.29) is 0 Å². The van der Waals surface area contributed by atoms with Gasteiger partial charge in [0, 0.05) is 29.6 Å². The summed E-state index contributed by atoms with van der Waals surface area (Å²) in [6.45, 7) is 3.78. The normalized spacial score (nSPS) is 26.4. The summed E-state index contributed by atoms with van der Waals surface area (Å²) in [5.41, 5.74) is 9.66. The average Bonchev–Trinajstić information content (AvgIpc) is 3.32. The maximum Gasteiger partial charge on any atom is 0.141 e. The minimum absolute atomic E-state index is 0.582. The van der Waals surface area contributed by atoms with Crippen molar-refractivity contribution >= 4 is 33.8 Å². The molecular formula is C20H22N4S. The molecule has 2 aromatic heterocycles. The fraction of sp³-hybridized carbons (Fsp3) is 0.350. The van der Waals surface area contributed by atoms with Crippen molar-refractivity contribution in [1.82, 2.24) is 9.88 Å². The molecule has 4 nitrogen and oxygen atoms in total. The molecule has 1 atom stereocenters. The van der Waals surface area contributed by atoms with Crippen LogP contribution >= 0.6 is 11.3 Å². The number of piperidine rings is 3. The summed E-state index contributed by atoms with van der Waals surface area (Å²) in [5.74, 6) is 2.09. The van der Waals surface area contributed by atoms with Crippen molar-refractivity contribution in [2.24, 2.45) is 16.6 Å². The van der Waals surface area contributed by atoms with Crippen molar-refractivity contribution in [3.63, 3.8) is 0 Å². The number of nitrogens with zero attached hydrogens (tertiary/aromatic N) is 2. The second-order valence-corrected chi connectivity index (χ2v) is 8.14. The van der Waals surface area contributed by atoms with E-state index in [2.05, 4.69) is 39.3 Å². The Morgan fingerprint density at radius 3 is 2.84 bits per heavy atom. The second kappa shape index (κ2) is 6.00. The zero-order valence-electron chi connectivity index (χ0n) is 14.1. The van der Waals surface area contributed by atoms with Crippen LogP contribution in [-0.2, 0) is 0 Å². The van der Waals surface area contributed by atoms with Gasteiger partial charge in [-0.3, -0.25) is 0 Å². The number of rotatable bonds is 3. The maximum absolute atomic E-state index is 6.12. The number of aromatic amines is 1. The molecule has 0 saturated carbocycles. The number of amidine groups is 1. The molecule has 0 amide bonds. The molecule has 6 rings (SSSR count). The van der Waals surface area contributed by atoms with Gasteiger partial charge in [0.05, 0.1) is 10.6 Å². The third-order valence-corrected chi connectivity index (χ3v) is 6.67. The zero-order chi connectivity index (χ0) is 16.8. The summed E-state index contributed by atoms with van der Waals surface area (Å²) in [7, 11) is 0. The van der Waals surface area contributed by atoms with Crippen molar-refractivity contribution in [1.29, 1.82) is 0 Å². The Morgan fingerprint density at radius 2 is 2.12 bits per heavy atom. The lowest BCUT2D eigenvalue weighted by Gasteiger charge is -2.44. The first-order valence-electron chi connectivity index (χ1n) is 8.99. The topological polar surface area (TPSA) is 57.4 Å². The number of thiophene rings is 1. The number of nitrogens with one attached hydrogen (secondary N) is 1. The first-order chi connectivity index (χ1) is 12.3. The maximum atomic E-state index is 6.12. The minimum Gasteiger partial charge on any atom is -0.383 e. The van der Waals surface area contributed by atoms with Gasteiger partial charge in [-0.15, -0.1) is 11.3 Å². The van der Waals surface area contributed by atoms with E-state index in [0.29, 0.717) is 11.8 Å². The highest BCUT2D eigenvalue weighted by atomic mass is 32.1. The van der Waals surface area contributed by atoms with Crippen LogP contribution in [-0.4, -0.2) is 35.4 Å². The van der Waals surface area contributed by atoms with E-state index in [1.807, 2.05) is 17.5 Å². The summed E-state index contributed by atoms with van der Waals surface area (Å²) >= 11 is 1.62. The SMILES string of the molecule is NC(=Nc1ccc2c([C@@H]3CN4CCC3CC4)c[nH]c2c1)c1cccs1. The molecule has 25 heavy (non-hydrogen) atoms. The summed E-state index contributed by atoms with van der Waals surface area (Å²) in [6.07, 6.45) is 4.90. The van der Waals surface area contributed by atoms with E-state index in [4.69, 9.17) is 5.73 Å². The lowest BCUT2D eigenvalue weighted by atomic mass is 9.75. The monoisotopic (exact) mass is 350 g/mol. The third-order valence-electron chi connectivity index (χ3n) is 5.78. The molecule has 3 aliphatic heterocycles. The number of aromatic nitrogens is 1. The quantitative estimate of drug-likeness (QED) is 0.552. The number of nitrogens with two attached hydrogens (primary N) is 1. The largest absolute Gasteiger partial charge is 0.383 e. The van der Waals surface area contributed by atoms with Crippen LogP contribution in [0.15, 0.2) is 46.9 Å². The second-order valence-electron chi connectivity index (χ2n) is 7.19. The molecule has 0 unspecified atom stereocenters. The number of fused-ring (bicyclic) bond motifs is 4. The first kappa shape index (κ1) is 15.2. The Kier molecular flexibility index (Phi) is 3.64. The average molecular weight is 350 g/mol. The minimum atomic E-state index is 0.582. The molecule has 0 aliphatic carbocycles. The molecule has 3 aromatic rings. The zero-order valence-corrected chi connectivity index (χ0v) is 14.9. The van der Waals surface area contributed by atoms with Crippen molar-refractivity contribution in [3.8, 4) is 0 Å². The van der Waals surface area contributed by atoms with Gasteiger partial charge in [0.2, 0.25) is 0 Å². The highest BCUT2D eigenvalue weighted by Crippen LogP contribution is 2.41. The van der Waals surface area contributed by atoms with Crippen LogP contribution in [0.5, 0.6) is 0 Å². The lowest BCUT2D eigenvalue weighted by molar-refractivity contribution is 0.0876. The number of aliphatic imine (C=N–C) groups is 1. The smallest absolute Gasteiger partial charge is 0.141 e. The van der Waals surface area contributed by atoms with Crippen LogP contribution in [0.4, 0.5) is 5.69 Å². The Morgan fingerprint density at radius 1 is 1.24 bits per heavy atom. The molecule has 1 aromatic carbocycles. The molecule has 5 heterocycles. The molecule has 0 radical (unpaired) electrons. The van der Waals surface area contributed by atoms with Crippen LogP contribution in [0, 0.1) is 5.92 Å². The predicted octanol–water partition coefficient (Wildman–Crippen LogP) is 4.08. The Bertz CT molecular complexity index is 916. The molecule has 3 fully saturated rings. The van der Waals surface area contributed by atoms with Gasteiger partial charge in [0.1, 0.15) is 5.84 Å². The molecule has 3 saturated heterocycles. The molecule has 128 valence electrons. The summed E-state index contributed by atoms with van der Waals surface area (Å²) in [4.78, 5) is 11.7. The number of hydrogen-bond donors (Lipinski definition) is 2. The van der Waals surface area contributed by atoms with Gasteiger partial charge >= 0.3 is 0 Å². The highest BCUT2D eigenvalue weighted by molar-refractivity contribution is 7.12. The Balaban J connectivity index is 1.48. The third kappa shape index (κ3) is 2.68. The van der Waals surface area contributed by atoms with Crippen LogP contribution in [0.25, 0.3) is 10.9 Å². The fourth-order valence-electron chi connectivity index (χ4n) is 4.45. The Hall–Kier alpha value is -2.11. The molecule has 0 spiro atoms. The van der Waals surface area contributed by atoms with Crippen molar-refractivity contribution in [2.75, 3.05) is 19.6 Å². The number of benzene rings is 1. The van der Waals surface area contributed by atoms with Crippen molar-refractivity contribution < 1.29 is 0 Å². The molecule has 2 bridgehead atoms. The van der Waals surface area contributed by atoms with E-state index in [1.54, 1.807) is 11.3 Å². The summed E-state index contributed by atoms with van der Waals surface area (Å²) < 4.78 is 0. The van der Waals surface area contributed by atoms with Gasteiger partial charge in [-0.05, 0) is 61.0 Å². The van der Waals surface area contributed by atoms with Crippen LogP contribution in [0.3, 0.4) is 0 Å². The summed E-state index contributed by atoms with van der Waals surface area (Å²) in [6, 6.07) is 10.4. The highest BCUT2D eigenvalue weighted by Gasteiger charge is 2.35. The number of hydrogen-bond acceptors (Lipinski definition) is 3. The van der Waals surface area contributed by atoms with E-state index < -0.39 is 0 Å². The van der Waals surface area contributed by atoms with Crippen molar-refractivity contribution in [2.45, 2.75) is 18.8 Å². The first-order valence-corrected chi connectivity index (χ1v) is 9.87. The van der Waals surface area contributed by atoms with Gasteiger partial charge in [0.25, 0.3) is 0 Å².